The van der Waals surface area contributed by atoms with Crippen molar-refractivity contribution in [2.45, 2.75) is 146 Å². The van der Waals surface area contributed by atoms with E-state index in [1.807, 2.05) is 39.8 Å². The summed E-state index contributed by atoms with van der Waals surface area (Å²) in [5, 5.41) is 45.9. The Balaban J connectivity index is 1.77. The molecule has 318 valence electrons. The number of aliphatic hydroxyl groups excluding tert-OH is 3. The van der Waals surface area contributed by atoms with Crippen LogP contribution in [0.15, 0.2) is 24.3 Å². The van der Waals surface area contributed by atoms with Crippen LogP contribution in [0.3, 0.4) is 0 Å². The highest BCUT2D eigenvalue weighted by Gasteiger charge is 2.51. The molecule has 0 aliphatic carbocycles. The van der Waals surface area contributed by atoms with Gasteiger partial charge in [0.05, 0.1) is 31.1 Å². The number of hydrogen-bond donors (Lipinski definition) is 9. The summed E-state index contributed by atoms with van der Waals surface area (Å²) in [6.45, 7) is 13.1. The van der Waals surface area contributed by atoms with E-state index in [0.29, 0.717) is 35.5 Å². The molecule has 2 aliphatic heterocycles. The monoisotopic (exact) mass is 828 g/mol. The number of hydrogen-bond acceptors (Lipinski definition) is 10. The van der Waals surface area contributed by atoms with Gasteiger partial charge in [0.1, 0.15) is 42.4 Å². The molecule has 2 heterocycles. The maximum Gasteiger partial charge on any atom is 0.312 e. The predicted octanol–water partition coefficient (Wildman–Crippen LogP) is 2.00. The van der Waals surface area contributed by atoms with Crippen LogP contribution in [0.4, 0.5) is 10.5 Å². The maximum absolute atomic E-state index is 14.2. The normalized spacial score (nSPS) is 28.6. The van der Waals surface area contributed by atoms with Crippen LogP contribution in [0.5, 0.6) is 0 Å². The molecule has 0 bridgehead atoms. The number of amides is 5. The molecule has 0 saturated carbocycles. The van der Waals surface area contributed by atoms with Gasteiger partial charge in [-0.3, -0.25) is 14.4 Å². The quantitative estimate of drug-likeness (QED) is 0.0528. The molecule has 17 heteroatoms. The van der Waals surface area contributed by atoms with E-state index >= 15 is 0 Å². The number of alkyl halides is 1. The molecule has 1 unspecified atom stereocenters. The van der Waals surface area contributed by atoms with E-state index in [1.165, 1.54) is 11.8 Å². The third-order valence-electron chi connectivity index (χ3n) is 10.8. The molecule has 0 spiro atoms. The topological polar surface area (TPSA) is 224 Å². The molecule has 1 aromatic carbocycles. The number of urea groups is 1. The number of nitrogens with zero attached hydrogens (tertiary/aromatic N) is 1. The van der Waals surface area contributed by atoms with Crippen molar-refractivity contribution in [3.05, 3.63) is 29.8 Å². The van der Waals surface area contributed by atoms with Crippen LogP contribution in [-0.2, 0) is 25.7 Å². The van der Waals surface area contributed by atoms with E-state index in [-0.39, 0.29) is 36.7 Å². The van der Waals surface area contributed by atoms with Crippen LogP contribution < -0.4 is 32.3 Å². The number of ether oxygens (including phenoxy) is 1. The summed E-state index contributed by atoms with van der Waals surface area (Å²) in [6.07, 6.45) is -0.248. The second kappa shape index (κ2) is 21.9. The summed E-state index contributed by atoms with van der Waals surface area (Å²) in [4.78, 5) is 52.3. The third-order valence-corrected chi connectivity index (χ3v) is 11.9. The molecule has 0 aromatic heterocycles. The number of rotatable bonds is 20. The number of quaternary nitrogens is 1. The number of halogens is 1. The molecule has 15 nitrogen and oxygen atoms in total. The predicted molar refractivity (Wildman–Crippen MR) is 220 cm³/mol. The van der Waals surface area contributed by atoms with Crippen molar-refractivity contribution < 1.29 is 43.7 Å². The number of thioether (sulfide) groups is 1. The van der Waals surface area contributed by atoms with E-state index in [0.717, 1.165) is 24.9 Å². The molecule has 0 radical (unpaired) electrons. The SMILES string of the molecule is CCC[C@@H]1C[C@@H](C(=O)N[C@@H]([C@H]2O[C@H](SC)[C@H](O)[C@@H](O)[C@H]2O)[C@H](C)Cl)[N+](C)(Cc2ccc(NC(=O)[C@H](CCCNC(N)=O)NC(=O)[C@@H](NC(C)C)C(C)C)cc2)C1. The minimum Gasteiger partial charge on any atom is -0.388 e. The summed E-state index contributed by atoms with van der Waals surface area (Å²) in [5.74, 6) is -0.627. The fourth-order valence-corrected chi connectivity index (χ4v) is 8.83. The van der Waals surface area contributed by atoms with Gasteiger partial charge in [-0.05, 0) is 50.5 Å². The number of primary amides is 1. The van der Waals surface area contributed by atoms with Crippen molar-refractivity contribution in [2.75, 3.05) is 31.7 Å². The van der Waals surface area contributed by atoms with Gasteiger partial charge >= 0.3 is 6.03 Å². The maximum atomic E-state index is 14.2. The first-order valence-corrected chi connectivity index (χ1v) is 21.5. The average molecular weight is 830 g/mol. The Kier molecular flexibility index (Phi) is 18.6. The summed E-state index contributed by atoms with van der Waals surface area (Å²) in [5.41, 5.74) is 5.89. The van der Waals surface area contributed by atoms with Crippen LogP contribution in [0.2, 0.25) is 0 Å². The highest BCUT2D eigenvalue weighted by atomic mass is 35.5. The first kappa shape index (κ1) is 47.7. The number of likely N-dealkylation sites (N-methyl/N-ethyl adjacent to an activating group) is 1. The Labute approximate surface area is 341 Å². The van der Waals surface area contributed by atoms with E-state index in [1.54, 1.807) is 25.3 Å². The molecule has 56 heavy (non-hydrogen) atoms. The van der Waals surface area contributed by atoms with Crippen LogP contribution in [-0.4, -0.2) is 135 Å². The van der Waals surface area contributed by atoms with Crippen LogP contribution in [0.1, 0.15) is 79.2 Å². The molecule has 2 aliphatic rings. The van der Waals surface area contributed by atoms with Crippen molar-refractivity contribution in [1.29, 1.82) is 0 Å². The summed E-state index contributed by atoms with van der Waals surface area (Å²) in [7, 11) is 2.06. The summed E-state index contributed by atoms with van der Waals surface area (Å²) >= 11 is 7.79. The zero-order chi connectivity index (χ0) is 41.9. The molecular formula is C39H67ClN7O8S+. The van der Waals surface area contributed by atoms with Gasteiger partial charge in [-0.1, -0.05) is 53.2 Å². The van der Waals surface area contributed by atoms with Crippen molar-refractivity contribution in [2.24, 2.45) is 17.6 Å². The molecule has 2 fully saturated rings. The lowest BCUT2D eigenvalue weighted by atomic mass is 9.92. The second-order valence-electron chi connectivity index (χ2n) is 16.3. The Hall–Kier alpha value is -2.70. The molecule has 2 saturated heterocycles. The Morgan fingerprint density at radius 2 is 1.66 bits per heavy atom. The molecule has 12 atom stereocenters. The number of anilines is 1. The van der Waals surface area contributed by atoms with Crippen LogP contribution in [0.25, 0.3) is 0 Å². The summed E-state index contributed by atoms with van der Waals surface area (Å²) < 4.78 is 6.41. The van der Waals surface area contributed by atoms with Gasteiger partial charge in [-0.25, -0.2) is 4.79 Å². The lowest BCUT2D eigenvalue weighted by Crippen LogP contribution is -2.66. The zero-order valence-corrected chi connectivity index (χ0v) is 35.7. The van der Waals surface area contributed by atoms with Gasteiger partial charge in [-0.15, -0.1) is 23.4 Å². The van der Waals surface area contributed by atoms with Gasteiger partial charge in [0.2, 0.25) is 11.8 Å². The van der Waals surface area contributed by atoms with Crippen LogP contribution in [0, 0.1) is 11.8 Å². The summed E-state index contributed by atoms with van der Waals surface area (Å²) in [6, 6.07) is 4.17. The van der Waals surface area contributed by atoms with E-state index in [9.17, 15) is 34.5 Å². The Bertz CT molecular complexity index is 1440. The van der Waals surface area contributed by atoms with E-state index in [4.69, 9.17) is 22.1 Å². The number of nitrogens with one attached hydrogen (secondary N) is 5. The largest absolute Gasteiger partial charge is 0.388 e. The highest BCUT2D eigenvalue weighted by Crippen LogP contribution is 2.36. The molecule has 3 rings (SSSR count). The first-order chi connectivity index (χ1) is 26.3. The average Bonchev–Trinajstić information content (AvgIpc) is 3.45. The number of benzene rings is 1. The fourth-order valence-electron chi connectivity index (χ4n) is 7.95. The highest BCUT2D eigenvalue weighted by molar-refractivity contribution is 7.99. The number of carbonyl (C=O) groups excluding carboxylic acids is 4. The fraction of sp³-hybridized carbons (Fsp3) is 0.744. The van der Waals surface area contributed by atoms with Gasteiger partial charge in [0, 0.05) is 36.2 Å². The zero-order valence-electron chi connectivity index (χ0n) is 34.2. The minimum atomic E-state index is -1.46. The minimum absolute atomic E-state index is 0.0193. The second-order valence-corrected chi connectivity index (χ2v) is 18.0. The lowest BCUT2D eigenvalue weighted by Gasteiger charge is -2.44. The van der Waals surface area contributed by atoms with Crippen molar-refractivity contribution in [3.63, 3.8) is 0 Å². The van der Waals surface area contributed by atoms with E-state index in [2.05, 4.69) is 40.6 Å². The number of aliphatic hydroxyl groups is 3. The molecule has 5 amide bonds. The van der Waals surface area contributed by atoms with Crippen molar-refractivity contribution >= 4 is 52.8 Å². The van der Waals surface area contributed by atoms with Crippen molar-refractivity contribution in [3.8, 4) is 0 Å². The molecule has 1 aromatic rings. The lowest BCUT2D eigenvalue weighted by molar-refractivity contribution is -0.926. The molecular weight excluding hydrogens is 762 g/mol. The Morgan fingerprint density at radius 1 is 1.00 bits per heavy atom. The van der Waals surface area contributed by atoms with Crippen molar-refractivity contribution in [1.82, 2.24) is 21.3 Å². The third kappa shape index (κ3) is 13.2. The van der Waals surface area contributed by atoms with Gasteiger partial charge in [0.25, 0.3) is 5.91 Å². The Morgan fingerprint density at radius 3 is 2.21 bits per heavy atom. The van der Waals surface area contributed by atoms with Gasteiger partial charge in [0.15, 0.2) is 6.04 Å². The number of carbonyl (C=O) groups is 4. The van der Waals surface area contributed by atoms with Crippen LogP contribution >= 0.6 is 23.4 Å². The number of nitrogens with two attached hydrogens (primary N) is 1. The van der Waals surface area contributed by atoms with Gasteiger partial charge < -0.3 is 56.9 Å². The molecule has 10 N–H and O–H groups in total. The number of likely N-dealkylation sites (tertiary alicyclic amines) is 1. The van der Waals surface area contributed by atoms with Gasteiger partial charge in [-0.2, -0.15) is 0 Å². The van der Waals surface area contributed by atoms with E-state index < -0.39 is 71.3 Å². The first-order valence-electron chi connectivity index (χ1n) is 19.8. The smallest absolute Gasteiger partial charge is 0.312 e. The standard InChI is InChI=1S/C39H66ClN7O8S/c1-9-11-25-18-28(36(52)46-30(23(6)40)34-32(49)31(48)33(50)38(55-34)56-8)47(7,20-25)19-24-13-15-26(16-14-24)44-35(51)27(12-10-17-42-39(41)54)45-37(53)29(21(2)3)43-22(4)5/h13-16,21-23,25,27-34,38,43,48-50H,9-12,17-20H2,1-8H3,(H5-,41,42,44,45,46,51,52,53,54)/p+1/t23-,25+,27-,28-,29-,30+,31-,32+,33+,34+,38+,47?/m0/s1.